The van der Waals surface area contributed by atoms with E-state index in [-0.39, 0.29) is 6.10 Å². The zero-order valence-electron chi connectivity index (χ0n) is 11.9. The number of aromatic nitrogens is 2. The predicted octanol–water partition coefficient (Wildman–Crippen LogP) is 3.08. The largest absolute Gasteiger partial charge is 0.383 e. The lowest BCUT2D eigenvalue weighted by molar-refractivity contribution is -0.125. The van der Waals surface area contributed by atoms with Crippen molar-refractivity contribution in [2.24, 2.45) is 5.92 Å². The van der Waals surface area contributed by atoms with Crippen LogP contribution in [0.15, 0.2) is 10.7 Å². The summed E-state index contributed by atoms with van der Waals surface area (Å²) in [5.41, 5.74) is 0.0702. The van der Waals surface area contributed by atoms with Gasteiger partial charge in [0, 0.05) is 19.4 Å². The number of ether oxygens (including phenoxy) is 1. The molecule has 2 heterocycles. The topological polar surface area (TPSA) is 47.3 Å². The molecule has 0 spiro atoms. The molecular weight excluding hydrogens is 308 g/mol. The second-order valence-electron chi connectivity index (χ2n) is 5.70. The maximum absolute atomic E-state index is 11.1. The van der Waals surface area contributed by atoms with Crippen molar-refractivity contribution < 1.29 is 9.84 Å². The highest BCUT2D eigenvalue weighted by atomic mass is 79.9. The molecule has 1 aliphatic rings. The molecule has 4 nitrogen and oxygen atoms in total. The number of hydrogen-bond donors (Lipinski definition) is 1. The Morgan fingerprint density at radius 1 is 1.63 bits per heavy atom. The van der Waals surface area contributed by atoms with Gasteiger partial charge in [0.25, 0.3) is 0 Å². The molecule has 19 heavy (non-hydrogen) atoms. The zero-order chi connectivity index (χ0) is 14.0. The molecule has 0 aromatic carbocycles. The molecule has 1 N–H and O–H groups in total. The van der Waals surface area contributed by atoms with Gasteiger partial charge in [-0.05, 0) is 28.3 Å². The first kappa shape index (κ1) is 15.0. The summed E-state index contributed by atoms with van der Waals surface area (Å²) in [6.07, 6.45) is 4.16. The molecule has 2 atom stereocenters. The Labute approximate surface area is 123 Å². The van der Waals surface area contributed by atoms with Gasteiger partial charge in [-0.15, -0.1) is 0 Å². The van der Waals surface area contributed by atoms with E-state index in [1.54, 1.807) is 6.20 Å². The quantitative estimate of drug-likeness (QED) is 0.922. The van der Waals surface area contributed by atoms with Crippen LogP contribution in [0.1, 0.15) is 45.7 Å². The van der Waals surface area contributed by atoms with Crippen molar-refractivity contribution >= 4 is 15.9 Å². The number of aliphatic hydroxyl groups is 1. The van der Waals surface area contributed by atoms with Gasteiger partial charge in [-0.25, -0.2) is 0 Å². The van der Waals surface area contributed by atoms with E-state index < -0.39 is 5.60 Å². The number of aryl methyl sites for hydroxylation is 1. The summed E-state index contributed by atoms with van der Waals surface area (Å²) in [7, 11) is 0. The minimum atomic E-state index is -0.836. The van der Waals surface area contributed by atoms with Gasteiger partial charge in [0.1, 0.15) is 5.60 Å². The maximum atomic E-state index is 11.1. The molecule has 5 heteroatoms. The third-order valence-electron chi connectivity index (χ3n) is 3.80. The Bertz CT molecular complexity index is 433. The Hall–Kier alpha value is -0.390. The van der Waals surface area contributed by atoms with Crippen LogP contribution in [0.5, 0.6) is 0 Å². The van der Waals surface area contributed by atoms with Crippen LogP contribution in [0.4, 0.5) is 0 Å². The van der Waals surface area contributed by atoms with E-state index in [0.29, 0.717) is 25.4 Å². The van der Waals surface area contributed by atoms with Crippen molar-refractivity contribution in [2.75, 3.05) is 6.61 Å². The molecule has 0 bridgehead atoms. The van der Waals surface area contributed by atoms with Gasteiger partial charge >= 0.3 is 0 Å². The number of hydrogen-bond acceptors (Lipinski definition) is 3. The summed E-state index contributed by atoms with van der Waals surface area (Å²) in [6, 6.07) is 0. The SMILES string of the molecule is CCCn1ncc(Br)c1C1(O)CCOC(C(C)C)C1. The fraction of sp³-hybridized carbons (Fsp3) is 0.786. The van der Waals surface area contributed by atoms with E-state index in [0.717, 1.165) is 23.1 Å². The Morgan fingerprint density at radius 2 is 2.37 bits per heavy atom. The van der Waals surface area contributed by atoms with Gasteiger partial charge in [0.2, 0.25) is 0 Å². The summed E-state index contributed by atoms with van der Waals surface area (Å²) < 4.78 is 8.59. The standard InChI is InChI=1S/C14H23BrN2O2/c1-4-6-17-13(11(15)9-16-17)14(18)5-7-19-12(8-14)10(2)3/h9-10,12,18H,4-8H2,1-3H3. The van der Waals surface area contributed by atoms with E-state index >= 15 is 0 Å². The minimum absolute atomic E-state index is 0.107. The molecule has 0 amide bonds. The van der Waals surface area contributed by atoms with Crippen LogP contribution >= 0.6 is 15.9 Å². The molecule has 2 rings (SSSR count). The highest BCUT2D eigenvalue weighted by Crippen LogP contribution is 2.39. The van der Waals surface area contributed by atoms with Crippen LogP contribution in [0.25, 0.3) is 0 Å². The maximum Gasteiger partial charge on any atom is 0.112 e. The monoisotopic (exact) mass is 330 g/mol. The van der Waals surface area contributed by atoms with Gasteiger partial charge in [-0.3, -0.25) is 4.68 Å². The molecule has 0 aliphatic carbocycles. The first-order chi connectivity index (χ1) is 8.98. The van der Waals surface area contributed by atoms with Crippen LogP contribution in [0.3, 0.4) is 0 Å². The fourth-order valence-electron chi connectivity index (χ4n) is 2.72. The van der Waals surface area contributed by atoms with Crippen molar-refractivity contribution in [1.29, 1.82) is 0 Å². The summed E-state index contributed by atoms with van der Waals surface area (Å²) in [4.78, 5) is 0. The third-order valence-corrected chi connectivity index (χ3v) is 4.38. The lowest BCUT2D eigenvalue weighted by Gasteiger charge is -2.39. The Balaban J connectivity index is 2.30. The van der Waals surface area contributed by atoms with Gasteiger partial charge in [0.05, 0.1) is 29.1 Å². The van der Waals surface area contributed by atoms with E-state index in [4.69, 9.17) is 4.74 Å². The fourth-order valence-corrected chi connectivity index (χ4v) is 3.39. The van der Waals surface area contributed by atoms with Crippen LogP contribution in [-0.4, -0.2) is 27.6 Å². The van der Waals surface area contributed by atoms with Gasteiger partial charge in [-0.1, -0.05) is 20.8 Å². The summed E-state index contributed by atoms with van der Waals surface area (Å²) in [5, 5.41) is 15.4. The van der Waals surface area contributed by atoms with Crippen molar-refractivity contribution in [2.45, 2.75) is 58.3 Å². The highest BCUT2D eigenvalue weighted by molar-refractivity contribution is 9.10. The zero-order valence-corrected chi connectivity index (χ0v) is 13.5. The van der Waals surface area contributed by atoms with Crippen molar-refractivity contribution in [1.82, 2.24) is 9.78 Å². The molecular formula is C14H23BrN2O2. The number of halogens is 1. The average molecular weight is 331 g/mol. The highest BCUT2D eigenvalue weighted by Gasteiger charge is 2.41. The van der Waals surface area contributed by atoms with E-state index in [2.05, 4.69) is 41.8 Å². The lowest BCUT2D eigenvalue weighted by atomic mass is 9.84. The van der Waals surface area contributed by atoms with E-state index in [1.165, 1.54) is 0 Å². The van der Waals surface area contributed by atoms with E-state index in [9.17, 15) is 5.11 Å². The van der Waals surface area contributed by atoms with E-state index in [1.807, 2.05) is 4.68 Å². The smallest absolute Gasteiger partial charge is 0.112 e. The van der Waals surface area contributed by atoms with Gasteiger partial charge in [0.15, 0.2) is 0 Å². The normalized spacial score (nSPS) is 28.0. The van der Waals surface area contributed by atoms with Crippen LogP contribution in [0.2, 0.25) is 0 Å². The molecule has 1 fully saturated rings. The van der Waals surface area contributed by atoms with Crippen molar-refractivity contribution in [3.63, 3.8) is 0 Å². The molecule has 2 unspecified atom stereocenters. The second kappa shape index (κ2) is 5.94. The molecule has 1 aromatic rings. The number of rotatable bonds is 4. The van der Waals surface area contributed by atoms with Crippen molar-refractivity contribution in [3.05, 3.63) is 16.4 Å². The second-order valence-corrected chi connectivity index (χ2v) is 6.56. The summed E-state index contributed by atoms with van der Waals surface area (Å²) >= 11 is 3.53. The number of nitrogens with zero attached hydrogens (tertiary/aromatic N) is 2. The van der Waals surface area contributed by atoms with Crippen LogP contribution in [-0.2, 0) is 16.9 Å². The predicted molar refractivity (Wildman–Crippen MR) is 77.9 cm³/mol. The van der Waals surface area contributed by atoms with Crippen LogP contribution < -0.4 is 0 Å². The first-order valence-electron chi connectivity index (χ1n) is 7.03. The molecule has 0 radical (unpaired) electrons. The van der Waals surface area contributed by atoms with Gasteiger partial charge < -0.3 is 9.84 Å². The molecule has 1 saturated heterocycles. The lowest BCUT2D eigenvalue weighted by Crippen LogP contribution is -2.42. The van der Waals surface area contributed by atoms with Gasteiger partial charge in [-0.2, -0.15) is 5.10 Å². The molecule has 1 aliphatic heterocycles. The average Bonchev–Trinajstić information content (AvgIpc) is 2.71. The molecule has 108 valence electrons. The third kappa shape index (κ3) is 3.03. The first-order valence-corrected chi connectivity index (χ1v) is 7.83. The van der Waals surface area contributed by atoms with Crippen molar-refractivity contribution in [3.8, 4) is 0 Å². The minimum Gasteiger partial charge on any atom is -0.383 e. The van der Waals surface area contributed by atoms with Crippen LogP contribution in [0, 0.1) is 5.92 Å². The Morgan fingerprint density at radius 3 is 3.00 bits per heavy atom. The molecule has 1 aromatic heterocycles. The Kier molecular flexibility index (Phi) is 4.69. The summed E-state index contributed by atoms with van der Waals surface area (Å²) in [5.74, 6) is 0.410. The molecule has 0 saturated carbocycles. The summed E-state index contributed by atoms with van der Waals surface area (Å²) in [6.45, 7) is 7.81.